The molecule has 1 aromatic heterocycles. The van der Waals surface area contributed by atoms with Gasteiger partial charge in [-0.2, -0.15) is 4.68 Å². The standard InChI is InChI=1S/C13H16N4O2/c18-12-14-10-6-2-3-7-11(10)17(12)15-13(19)16-8-4-1-5-9-16/h2-3,6-7H,1,4-5,8-9H2,(H,14,18)(H,15,19). The summed E-state index contributed by atoms with van der Waals surface area (Å²) >= 11 is 0. The zero-order valence-electron chi connectivity index (χ0n) is 10.6. The second-order valence-electron chi connectivity index (χ2n) is 4.75. The molecule has 0 atom stereocenters. The molecule has 0 aliphatic carbocycles. The molecule has 2 N–H and O–H groups in total. The van der Waals surface area contributed by atoms with Crippen molar-refractivity contribution in [3.8, 4) is 0 Å². The van der Waals surface area contributed by atoms with Crippen LogP contribution in [0.4, 0.5) is 4.79 Å². The smallest absolute Gasteiger partial charge is 0.323 e. The molecule has 100 valence electrons. The molecular weight excluding hydrogens is 244 g/mol. The highest BCUT2D eigenvalue weighted by molar-refractivity contribution is 5.85. The number of nitrogens with zero attached hydrogens (tertiary/aromatic N) is 2. The van der Waals surface area contributed by atoms with Crippen LogP contribution >= 0.6 is 0 Å². The van der Waals surface area contributed by atoms with Crippen LogP contribution in [-0.2, 0) is 0 Å². The first-order valence-corrected chi connectivity index (χ1v) is 6.51. The third kappa shape index (κ3) is 2.21. The van der Waals surface area contributed by atoms with E-state index in [1.165, 1.54) is 4.68 Å². The fraction of sp³-hybridized carbons (Fsp3) is 0.385. The van der Waals surface area contributed by atoms with Crippen LogP contribution in [0.25, 0.3) is 11.0 Å². The topological polar surface area (TPSA) is 70.1 Å². The quantitative estimate of drug-likeness (QED) is 0.815. The van der Waals surface area contributed by atoms with Gasteiger partial charge >= 0.3 is 11.7 Å². The van der Waals surface area contributed by atoms with Gasteiger partial charge in [-0.3, -0.25) is 0 Å². The zero-order valence-corrected chi connectivity index (χ0v) is 10.6. The third-order valence-corrected chi connectivity index (χ3v) is 3.44. The summed E-state index contributed by atoms with van der Waals surface area (Å²) in [4.78, 5) is 28.4. The number of nitrogens with one attached hydrogen (secondary N) is 2. The van der Waals surface area contributed by atoms with E-state index < -0.39 is 0 Å². The van der Waals surface area contributed by atoms with Crippen LogP contribution in [-0.4, -0.2) is 33.7 Å². The maximum absolute atomic E-state index is 12.1. The zero-order chi connectivity index (χ0) is 13.2. The normalized spacial score (nSPS) is 15.7. The van der Waals surface area contributed by atoms with Crippen LogP contribution in [0.15, 0.2) is 29.1 Å². The Kier molecular flexibility index (Phi) is 2.98. The fourth-order valence-corrected chi connectivity index (χ4v) is 2.43. The Hall–Kier alpha value is -2.24. The van der Waals surface area contributed by atoms with Crippen molar-refractivity contribution in [2.24, 2.45) is 0 Å². The van der Waals surface area contributed by atoms with Crippen molar-refractivity contribution in [2.75, 3.05) is 18.5 Å². The summed E-state index contributed by atoms with van der Waals surface area (Å²) in [6.07, 6.45) is 3.21. The Balaban J connectivity index is 1.86. The number of urea groups is 1. The molecule has 0 bridgehead atoms. The average Bonchev–Trinajstić information content (AvgIpc) is 2.76. The van der Waals surface area contributed by atoms with Crippen LogP contribution in [0.2, 0.25) is 0 Å². The lowest BCUT2D eigenvalue weighted by atomic mass is 10.1. The maximum atomic E-state index is 12.1. The molecule has 1 aliphatic rings. The number of hydrogen-bond acceptors (Lipinski definition) is 2. The van der Waals surface area contributed by atoms with Crippen LogP contribution in [0, 0.1) is 0 Å². The number of hydrogen-bond donors (Lipinski definition) is 2. The predicted molar refractivity (Wildman–Crippen MR) is 72.7 cm³/mol. The number of benzene rings is 1. The lowest BCUT2D eigenvalue weighted by molar-refractivity contribution is 0.197. The van der Waals surface area contributed by atoms with Gasteiger partial charge in [0.25, 0.3) is 0 Å². The van der Waals surface area contributed by atoms with E-state index in [1.807, 2.05) is 12.1 Å². The molecule has 1 saturated heterocycles. The van der Waals surface area contributed by atoms with Crippen LogP contribution in [0.1, 0.15) is 19.3 Å². The molecule has 19 heavy (non-hydrogen) atoms. The summed E-state index contributed by atoms with van der Waals surface area (Å²) in [5.74, 6) is 0. The number of aromatic nitrogens is 2. The van der Waals surface area contributed by atoms with Crippen LogP contribution in [0.3, 0.4) is 0 Å². The van der Waals surface area contributed by atoms with Crippen molar-refractivity contribution in [1.29, 1.82) is 0 Å². The Bertz CT molecular complexity index is 652. The summed E-state index contributed by atoms with van der Waals surface area (Å²) in [6, 6.07) is 7.06. The first kappa shape index (κ1) is 11.8. The van der Waals surface area contributed by atoms with E-state index in [-0.39, 0.29) is 11.7 Å². The highest BCUT2D eigenvalue weighted by Gasteiger charge is 2.18. The molecule has 6 nitrogen and oxygen atoms in total. The van der Waals surface area contributed by atoms with Gasteiger partial charge in [0, 0.05) is 13.1 Å². The van der Waals surface area contributed by atoms with E-state index in [9.17, 15) is 9.59 Å². The number of amides is 2. The van der Waals surface area contributed by atoms with Gasteiger partial charge in [-0.05, 0) is 31.4 Å². The van der Waals surface area contributed by atoms with Gasteiger partial charge in [-0.1, -0.05) is 12.1 Å². The van der Waals surface area contributed by atoms with Crippen molar-refractivity contribution in [1.82, 2.24) is 14.6 Å². The van der Waals surface area contributed by atoms with Crippen LogP contribution < -0.4 is 11.1 Å². The average molecular weight is 260 g/mol. The van der Waals surface area contributed by atoms with Gasteiger partial charge < -0.3 is 9.88 Å². The van der Waals surface area contributed by atoms with Gasteiger partial charge in [0.15, 0.2) is 0 Å². The molecule has 2 aromatic rings. The van der Waals surface area contributed by atoms with E-state index in [2.05, 4.69) is 10.4 Å². The van der Waals surface area contributed by atoms with Gasteiger partial charge in [0.2, 0.25) is 0 Å². The van der Waals surface area contributed by atoms with Crippen molar-refractivity contribution in [3.63, 3.8) is 0 Å². The number of piperidine rings is 1. The second kappa shape index (κ2) is 4.79. The Morgan fingerprint density at radius 3 is 2.68 bits per heavy atom. The Morgan fingerprint density at radius 2 is 1.89 bits per heavy atom. The first-order valence-electron chi connectivity index (χ1n) is 6.51. The molecule has 0 radical (unpaired) electrons. The van der Waals surface area contributed by atoms with Gasteiger partial charge in [0.05, 0.1) is 11.0 Å². The molecule has 0 unspecified atom stereocenters. The number of para-hydroxylation sites is 2. The Labute approximate surface area is 110 Å². The minimum Gasteiger partial charge on any atom is -0.323 e. The highest BCUT2D eigenvalue weighted by Crippen LogP contribution is 2.10. The van der Waals surface area contributed by atoms with Gasteiger partial charge in [0.1, 0.15) is 0 Å². The number of aromatic amines is 1. The molecule has 3 rings (SSSR count). The third-order valence-electron chi connectivity index (χ3n) is 3.44. The van der Waals surface area contributed by atoms with Crippen molar-refractivity contribution in [2.45, 2.75) is 19.3 Å². The number of rotatable bonds is 1. The number of likely N-dealkylation sites (tertiary alicyclic amines) is 1. The van der Waals surface area contributed by atoms with Gasteiger partial charge in [-0.25, -0.2) is 15.0 Å². The minimum absolute atomic E-state index is 0.216. The van der Waals surface area contributed by atoms with E-state index in [4.69, 9.17) is 0 Å². The number of fused-ring (bicyclic) bond motifs is 1. The summed E-state index contributed by atoms with van der Waals surface area (Å²) < 4.78 is 1.27. The van der Waals surface area contributed by atoms with Gasteiger partial charge in [-0.15, -0.1) is 0 Å². The van der Waals surface area contributed by atoms with Crippen LogP contribution in [0.5, 0.6) is 0 Å². The largest absolute Gasteiger partial charge is 0.345 e. The summed E-state index contributed by atoms with van der Waals surface area (Å²) in [6.45, 7) is 1.51. The Morgan fingerprint density at radius 1 is 1.16 bits per heavy atom. The maximum Gasteiger partial charge on any atom is 0.345 e. The van der Waals surface area contributed by atoms with E-state index in [0.717, 1.165) is 32.4 Å². The minimum atomic E-state index is -0.327. The molecule has 6 heteroatoms. The molecular formula is C13H16N4O2. The van der Waals surface area contributed by atoms with Crippen molar-refractivity contribution in [3.05, 3.63) is 34.7 Å². The molecule has 1 fully saturated rings. The second-order valence-corrected chi connectivity index (χ2v) is 4.75. The SMILES string of the molecule is O=C(Nn1c(=O)[nH]c2ccccc21)N1CCCCC1. The summed E-state index contributed by atoms with van der Waals surface area (Å²) in [5, 5.41) is 0. The number of carbonyl (C=O) groups is 1. The summed E-state index contributed by atoms with van der Waals surface area (Å²) in [7, 11) is 0. The van der Waals surface area contributed by atoms with E-state index >= 15 is 0 Å². The first-order chi connectivity index (χ1) is 9.25. The monoisotopic (exact) mass is 260 g/mol. The summed E-state index contributed by atoms with van der Waals surface area (Å²) in [5.41, 5.74) is 3.73. The number of H-pyrrole nitrogens is 1. The van der Waals surface area contributed by atoms with E-state index in [0.29, 0.717) is 11.0 Å². The van der Waals surface area contributed by atoms with Crippen molar-refractivity contribution >= 4 is 17.1 Å². The molecule has 2 amide bonds. The number of carbonyl (C=O) groups excluding carboxylic acids is 1. The van der Waals surface area contributed by atoms with E-state index in [1.54, 1.807) is 17.0 Å². The predicted octanol–water partition coefficient (Wildman–Crippen LogP) is 1.48. The van der Waals surface area contributed by atoms with Crippen molar-refractivity contribution < 1.29 is 4.79 Å². The molecule has 2 heterocycles. The molecule has 1 aromatic carbocycles. The molecule has 0 spiro atoms. The lowest BCUT2D eigenvalue weighted by Gasteiger charge is -2.26. The highest BCUT2D eigenvalue weighted by atomic mass is 16.2. The number of imidazole rings is 1. The molecule has 1 aliphatic heterocycles. The fourth-order valence-electron chi connectivity index (χ4n) is 2.43. The molecule has 0 saturated carbocycles. The lowest BCUT2D eigenvalue weighted by Crippen LogP contribution is -2.43.